The highest BCUT2D eigenvalue weighted by Crippen LogP contribution is 2.18. The van der Waals surface area contributed by atoms with Crippen molar-refractivity contribution in [3.63, 3.8) is 0 Å². The van der Waals surface area contributed by atoms with E-state index in [4.69, 9.17) is 0 Å². The van der Waals surface area contributed by atoms with Gasteiger partial charge in [0, 0.05) is 5.56 Å². The van der Waals surface area contributed by atoms with Crippen molar-refractivity contribution in [2.24, 2.45) is 0 Å². The lowest BCUT2D eigenvalue weighted by Crippen LogP contribution is -2.07. The van der Waals surface area contributed by atoms with Gasteiger partial charge in [-0.25, -0.2) is 0 Å². The molecule has 4 nitrogen and oxygen atoms in total. The van der Waals surface area contributed by atoms with Crippen LogP contribution in [0.2, 0.25) is 0 Å². The van der Waals surface area contributed by atoms with Gasteiger partial charge < -0.3 is 10.1 Å². The third-order valence-electron chi connectivity index (χ3n) is 2.13. The molecule has 1 aromatic carbocycles. The van der Waals surface area contributed by atoms with Gasteiger partial charge in [0.15, 0.2) is 0 Å². The highest BCUT2D eigenvalue weighted by Gasteiger charge is 2.04. The molecule has 2 N–H and O–H groups in total. The quantitative estimate of drug-likeness (QED) is 0.735. The third kappa shape index (κ3) is 1.88. The lowest BCUT2D eigenvalue weighted by Gasteiger charge is -2.03. The molecule has 0 fully saturated rings. The Balaban J connectivity index is 2.64. The van der Waals surface area contributed by atoms with Gasteiger partial charge >= 0.3 is 0 Å². The Morgan fingerprint density at radius 3 is 2.73 bits per heavy atom. The number of benzene rings is 1. The smallest absolute Gasteiger partial charge is 0.254 e. The first-order valence-electron chi connectivity index (χ1n) is 4.53. The standard InChI is InChI=1S/C11H10N2O2/c1-7-4-2-3-5-8(7)11-12-9(14)6-10(15)13-11/h2-6H,1H3,(H2,12,13,14,15). The summed E-state index contributed by atoms with van der Waals surface area (Å²) >= 11 is 0. The molecule has 0 aliphatic carbocycles. The number of nitrogens with one attached hydrogen (secondary N) is 1. The van der Waals surface area contributed by atoms with Crippen LogP contribution in [0, 0.1) is 6.92 Å². The van der Waals surface area contributed by atoms with Crippen molar-refractivity contribution in [1.29, 1.82) is 0 Å². The van der Waals surface area contributed by atoms with Gasteiger partial charge in [0.05, 0.1) is 6.07 Å². The van der Waals surface area contributed by atoms with Crippen LogP contribution in [0.5, 0.6) is 5.88 Å². The molecule has 0 unspecified atom stereocenters. The molecule has 0 saturated carbocycles. The second kappa shape index (κ2) is 3.57. The summed E-state index contributed by atoms with van der Waals surface area (Å²) in [4.78, 5) is 17.6. The van der Waals surface area contributed by atoms with E-state index >= 15 is 0 Å². The average Bonchev–Trinajstić information content (AvgIpc) is 2.16. The van der Waals surface area contributed by atoms with E-state index in [0.717, 1.165) is 17.2 Å². The molecule has 1 heterocycles. The fourth-order valence-electron chi connectivity index (χ4n) is 1.41. The minimum atomic E-state index is -0.360. The van der Waals surface area contributed by atoms with Crippen molar-refractivity contribution in [2.45, 2.75) is 6.92 Å². The molecule has 0 atom stereocenters. The monoisotopic (exact) mass is 202 g/mol. The van der Waals surface area contributed by atoms with Gasteiger partial charge in [-0.2, -0.15) is 4.98 Å². The van der Waals surface area contributed by atoms with Gasteiger partial charge in [-0.3, -0.25) is 4.79 Å². The van der Waals surface area contributed by atoms with E-state index in [1.54, 1.807) is 0 Å². The fourth-order valence-corrected chi connectivity index (χ4v) is 1.41. The van der Waals surface area contributed by atoms with Crippen molar-refractivity contribution < 1.29 is 5.11 Å². The number of H-pyrrole nitrogens is 1. The summed E-state index contributed by atoms with van der Waals surface area (Å²) in [5, 5.41) is 9.21. The number of aromatic hydroxyl groups is 1. The second-order valence-corrected chi connectivity index (χ2v) is 3.27. The molecule has 15 heavy (non-hydrogen) atoms. The predicted molar refractivity (Wildman–Crippen MR) is 56.7 cm³/mol. The Kier molecular flexibility index (Phi) is 2.25. The third-order valence-corrected chi connectivity index (χ3v) is 2.13. The molecule has 4 heteroatoms. The van der Waals surface area contributed by atoms with Crippen LogP contribution in [-0.4, -0.2) is 15.1 Å². The molecule has 0 radical (unpaired) electrons. The predicted octanol–water partition coefficient (Wildman–Crippen LogP) is 1.45. The van der Waals surface area contributed by atoms with E-state index in [2.05, 4.69) is 9.97 Å². The summed E-state index contributed by atoms with van der Waals surface area (Å²) in [6, 6.07) is 8.56. The SMILES string of the molecule is Cc1ccccc1-c1nc(O)cc(=O)[nH]1. The summed E-state index contributed by atoms with van der Waals surface area (Å²) in [6.07, 6.45) is 0. The van der Waals surface area contributed by atoms with E-state index in [0.29, 0.717) is 5.82 Å². The van der Waals surface area contributed by atoms with E-state index in [-0.39, 0.29) is 11.4 Å². The first-order chi connectivity index (χ1) is 7.16. The molecule has 2 aromatic rings. The minimum Gasteiger partial charge on any atom is -0.493 e. The highest BCUT2D eigenvalue weighted by atomic mass is 16.3. The van der Waals surface area contributed by atoms with Gasteiger partial charge in [0.1, 0.15) is 5.82 Å². The molecular weight excluding hydrogens is 192 g/mol. The van der Waals surface area contributed by atoms with Crippen LogP contribution >= 0.6 is 0 Å². The zero-order valence-electron chi connectivity index (χ0n) is 8.19. The maximum Gasteiger partial charge on any atom is 0.254 e. The van der Waals surface area contributed by atoms with Gasteiger partial charge in [0.2, 0.25) is 5.88 Å². The molecule has 0 aliphatic heterocycles. The summed E-state index contributed by atoms with van der Waals surface area (Å²) in [5.41, 5.74) is 1.44. The second-order valence-electron chi connectivity index (χ2n) is 3.27. The van der Waals surface area contributed by atoms with Gasteiger partial charge in [-0.15, -0.1) is 0 Å². The number of aromatic nitrogens is 2. The zero-order valence-corrected chi connectivity index (χ0v) is 8.19. The summed E-state index contributed by atoms with van der Waals surface area (Å²) in [5.74, 6) is 0.120. The number of aromatic amines is 1. The maximum atomic E-state index is 11.1. The largest absolute Gasteiger partial charge is 0.493 e. The van der Waals surface area contributed by atoms with E-state index in [1.165, 1.54) is 0 Å². The van der Waals surface area contributed by atoms with Gasteiger partial charge in [-0.05, 0) is 12.5 Å². The lowest BCUT2D eigenvalue weighted by molar-refractivity contribution is 0.452. The number of rotatable bonds is 1. The highest BCUT2D eigenvalue weighted by molar-refractivity contribution is 5.59. The molecule has 0 aliphatic rings. The van der Waals surface area contributed by atoms with E-state index in [1.807, 2.05) is 31.2 Å². The van der Waals surface area contributed by atoms with Crippen LogP contribution in [0.15, 0.2) is 35.1 Å². The Labute approximate surface area is 86.2 Å². The van der Waals surface area contributed by atoms with Crippen LogP contribution in [0.3, 0.4) is 0 Å². The van der Waals surface area contributed by atoms with Crippen molar-refractivity contribution in [2.75, 3.05) is 0 Å². The van der Waals surface area contributed by atoms with Crippen LogP contribution < -0.4 is 5.56 Å². The molecule has 0 spiro atoms. The fraction of sp³-hybridized carbons (Fsp3) is 0.0909. The van der Waals surface area contributed by atoms with Crippen LogP contribution in [0.1, 0.15) is 5.56 Å². The van der Waals surface area contributed by atoms with E-state index < -0.39 is 0 Å². The number of hydrogen-bond donors (Lipinski definition) is 2. The molecular formula is C11H10N2O2. The Morgan fingerprint density at radius 2 is 2.07 bits per heavy atom. The number of hydrogen-bond acceptors (Lipinski definition) is 3. The van der Waals surface area contributed by atoms with Crippen molar-refractivity contribution >= 4 is 0 Å². The molecule has 76 valence electrons. The topological polar surface area (TPSA) is 66.0 Å². The first-order valence-corrected chi connectivity index (χ1v) is 4.53. The normalized spacial score (nSPS) is 10.2. The van der Waals surface area contributed by atoms with Crippen LogP contribution in [-0.2, 0) is 0 Å². The van der Waals surface area contributed by atoms with Crippen molar-refractivity contribution in [1.82, 2.24) is 9.97 Å². The first kappa shape index (κ1) is 9.45. The lowest BCUT2D eigenvalue weighted by atomic mass is 10.1. The Bertz CT molecular complexity index is 546. The summed E-state index contributed by atoms with van der Waals surface area (Å²) < 4.78 is 0. The van der Waals surface area contributed by atoms with Crippen molar-refractivity contribution in [3.05, 3.63) is 46.2 Å². The van der Waals surface area contributed by atoms with Crippen LogP contribution in [0.25, 0.3) is 11.4 Å². The average molecular weight is 202 g/mol. The Morgan fingerprint density at radius 1 is 1.33 bits per heavy atom. The molecule has 1 aromatic heterocycles. The van der Waals surface area contributed by atoms with Gasteiger partial charge in [-0.1, -0.05) is 24.3 Å². The number of nitrogens with zero attached hydrogens (tertiary/aromatic N) is 1. The maximum absolute atomic E-state index is 11.1. The summed E-state index contributed by atoms with van der Waals surface area (Å²) in [6.45, 7) is 1.92. The van der Waals surface area contributed by atoms with Gasteiger partial charge in [0.25, 0.3) is 5.56 Å². The van der Waals surface area contributed by atoms with Crippen LogP contribution in [0.4, 0.5) is 0 Å². The molecule has 0 bridgehead atoms. The minimum absolute atomic E-state index is 0.267. The Hall–Kier alpha value is -2.10. The van der Waals surface area contributed by atoms with E-state index in [9.17, 15) is 9.90 Å². The molecule has 0 saturated heterocycles. The summed E-state index contributed by atoms with van der Waals surface area (Å²) in [7, 11) is 0. The molecule has 2 rings (SSSR count). The zero-order chi connectivity index (χ0) is 10.8. The molecule has 0 amide bonds. The van der Waals surface area contributed by atoms with Crippen molar-refractivity contribution in [3.8, 4) is 17.3 Å². The number of aryl methyl sites for hydroxylation is 1.